The van der Waals surface area contributed by atoms with Crippen LogP contribution in [0.2, 0.25) is 0 Å². The Bertz CT molecular complexity index is 599. The number of carboxylic acid groups (broad SMARTS) is 1. The summed E-state index contributed by atoms with van der Waals surface area (Å²) in [4.78, 5) is 10.6. The average molecular weight is 405 g/mol. The zero-order chi connectivity index (χ0) is 20.6. The van der Waals surface area contributed by atoms with Crippen molar-refractivity contribution in [3.63, 3.8) is 0 Å². The highest BCUT2D eigenvalue weighted by Gasteiger charge is 2.21. The van der Waals surface area contributed by atoms with Crippen LogP contribution in [0.25, 0.3) is 0 Å². The third kappa shape index (κ3) is 12.0. The van der Waals surface area contributed by atoms with Gasteiger partial charge in [-0.25, -0.2) is 4.79 Å². The summed E-state index contributed by atoms with van der Waals surface area (Å²) in [5.41, 5.74) is 1.84. The maximum absolute atomic E-state index is 10.6. The Kier molecular flexibility index (Phi) is 13.5. The first-order valence-corrected chi connectivity index (χ1v) is 11.4. The van der Waals surface area contributed by atoms with Crippen LogP contribution >= 0.6 is 11.8 Å². The first-order chi connectivity index (χ1) is 13.5. The lowest BCUT2D eigenvalue weighted by atomic mass is 10.1. The lowest BCUT2D eigenvalue weighted by molar-refractivity contribution is -0.131. The number of aliphatic carboxylic acids is 1. The molecule has 0 aromatic carbocycles. The molecule has 0 saturated carbocycles. The van der Waals surface area contributed by atoms with Gasteiger partial charge in [-0.2, -0.15) is 0 Å². The molecule has 0 spiro atoms. The Hall–Kier alpha value is -1.52. The van der Waals surface area contributed by atoms with Gasteiger partial charge in [0.1, 0.15) is 0 Å². The van der Waals surface area contributed by atoms with E-state index in [1.54, 1.807) is 24.8 Å². The number of carboxylic acids is 1. The van der Waals surface area contributed by atoms with Crippen molar-refractivity contribution in [2.24, 2.45) is 0 Å². The molecule has 1 aliphatic heterocycles. The van der Waals surface area contributed by atoms with E-state index in [2.05, 4.69) is 30.6 Å². The monoisotopic (exact) mass is 404 g/mol. The second-order valence-electron chi connectivity index (χ2n) is 7.24. The van der Waals surface area contributed by atoms with Gasteiger partial charge in [-0.1, -0.05) is 81.4 Å². The molecule has 0 amide bonds. The predicted molar refractivity (Wildman–Crippen MR) is 122 cm³/mol. The molecule has 28 heavy (non-hydrogen) atoms. The van der Waals surface area contributed by atoms with Crippen molar-refractivity contribution >= 4 is 17.7 Å². The van der Waals surface area contributed by atoms with Crippen molar-refractivity contribution in [1.29, 1.82) is 0 Å². The molecule has 2 atom stereocenters. The van der Waals surface area contributed by atoms with E-state index in [1.807, 2.05) is 19.1 Å². The molecule has 4 heteroatoms. The molecule has 0 saturated heterocycles. The van der Waals surface area contributed by atoms with E-state index in [-0.39, 0.29) is 6.10 Å². The summed E-state index contributed by atoms with van der Waals surface area (Å²) in [6, 6.07) is 0. The van der Waals surface area contributed by atoms with Gasteiger partial charge in [0.15, 0.2) is 0 Å². The van der Waals surface area contributed by atoms with Crippen LogP contribution in [0.5, 0.6) is 0 Å². The lowest BCUT2D eigenvalue weighted by Gasteiger charge is -2.16. The average Bonchev–Trinajstić information content (AvgIpc) is 3.09. The topological polar surface area (TPSA) is 46.5 Å². The van der Waals surface area contributed by atoms with Crippen molar-refractivity contribution in [3.8, 4) is 0 Å². The molecule has 1 aliphatic rings. The third-order valence-electron chi connectivity index (χ3n) is 4.50. The molecule has 3 nitrogen and oxygen atoms in total. The maximum atomic E-state index is 10.6. The minimum atomic E-state index is -0.920. The summed E-state index contributed by atoms with van der Waals surface area (Å²) in [5, 5.41) is 11.2. The quantitative estimate of drug-likeness (QED) is 0.195. The molecule has 0 fully saturated rings. The Labute approximate surface area is 175 Å². The van der Waals surface area contributed by atoms with Gasteiger partial charge < -0.3 is 9.84 Å². The number of thioether (sulfide) groups is 1. The van der Waals surface area contributed by atoms with Crippen LogP contribution < -0.4 is 0 Å². The second-order valence-corrected chi connectivity index (χ2v) is 8.33. The van der Waals surface area contributed by atoms with Crippen LogP contribution in [0, 0.1) is 0 Å². The Morgan fingerprint density at radius 2 is 1.79 bits per heavy atom. The summed E-state index contributed by atoms with van der Waals surface area (Å²) < 4.78 is 6.07. The van der Waals surface area contributed by atoms with Gasteiger partial charge in [0, 0.05) is 12.7 Å². The number of rotatable bonds is 14. The zero-order valence-corrected chi connectivity index (χ0v) is 18.4. The summed E-state index contributed by atoms with van der Waals surface area (Å²) in [7, 11) is 0. The van der Waals surface area contributed by atoms with Crippen LogP contribution in [0.1, 0.15) is 65.7 Å². The predicted octanol–water partition coefficient (Wildman–Crippen LogP) is 6.84. The summed E-state index contributed by atoms with van der Waals surface area (Å²) in [5.74, 6) is -0.920. The van der Waals surface area contributed by atoms with E-state index in [1.165, 1.54) is 44.6 Å². The lowest BCUT2D eigenvalue weighted by Crippen LogP contribution is -2.20. The van der Waals surface area contributed by atoms with Crippen LogP contribution in [0.3, 0.4) is 0 Å². The van der Waals surface area contributed by atoms with E-state index >= 15 is 0 Å². The molecule has 0 radical (unpaired) electrons. The van der Waals surface area contributed by atoms with Gasteiger partial charge in [-0.15, -0.1) is 11.8 Å². The molecule has 0 aromatic heterocycles. The smallest absolute Gasteiger partial charge is 0.328 e. The van der Waals surface area contributed by atoms with E-state index in [0.29, 0.717) is 5.25 Å². The second kappa shape index (κ2) is 15.4. The fraction of sp³-hybridized carbons (Fsp3) is 0.542. The van der Waals surface area contributed by atoms with Gasteiger partial charge in [0.05, 0.1) is 11.4 Å². The highest BCUT2D eigenvalue weighted by molar-refractivity contribution is 8.03. The number of unbranched alkanes of at least 4 members (excludes halogenated alkanes) is 6. The van der Waals surface area contributed by atoms with Crippen molar-refractivity contribution in [1.82, 2.24) is 0 Å². The minimum absolute atomic E-state index is 0.158. The van der Waals surface area contributed by atoms with Crippen LogP contribution in [-0.2, 0) is 9.53 Å². The van der Waals surface area contributed by atoms with E-state index < -0.39 is 5.97 Å². The zero-order valence-electron chi connectivity index (χ0n) is 17.6. The van der Waals surface area contributed by atoms with Crippen LogP contribution in [0.15, 0.2) is 59.1 Å². The molecular weight excluding hydrogens is 368 g/mol. The molecule has 1 N–H and O–H groups in total. The van der Waals surface area contributed by atoms with Crippen molar-refractivity contribution in [3.05, 3.63) is 59.1 Å². The largest absolute Gasteiger partial charge is 0.478 e. The highest BCUT2D eigenvalue weighted by atomic mass is 32.2. The Morgan fingerprint density at radius 3 is 2.50 bits per heavy atom. The molecule has 1 heterocycles. The minimum Gasteiger partial charge on any atom is -0.478 e. The molecule has 0 aliphatic carbocycles. The maximum Gasteiger partial charge on any atom is 0.328 e. The van der Waals surface area contributed by atoms with Crippen LogP contribution in [0.4, 0.5) is 0 Å². The van der Waals surface area contributed by atoms with Crippen molar-refractivity contribution < 1.29 is 14.6 Å². The number of hydrogen-bond donors (Lipinski definition) is 1. The fourth-order valence-corrected chi connectivity index (χ4v) is 3.80. The Balaban J connectivity index is 2.31. The summed E-state index contributed by atoms with van der Waals surface area (Å²) in [6.45, 7) is 6.90. The first kappa shape index (κ1) is 24.5. The molecule has 2 unspecified atom stereocenters. The van der Waals surface area contributed by atoms with Gasteiger partial charge in [0.2, 0.25) is 0 Å². The number of carbonyl (C=O) groups is 1. The summed E-state index contributed by atoms with van der Waals surface area (Å²) >= 11 is 1.79. The normalized spacial score (nSPS) is 20.7. The SMILES string of the molecule is CCCCCCCCCOC1C=CSC1/C=C/C(C)=C/C=C/C(C)=C/C(=O)O. The van der Waals surface area contributed by atoms with E-state index in [4.69, 9.17) is 9.84 Å². The van der Waals surface area contributed by atoms with E-state index in [0.717, 1.165) is 24.2 Å². The van der Waals surface area contributed by atoms with Crippen LogP contribution in [-0.4, -0.2) is 29.0 Å². The number of ether oxygens (including phenoxy) is 1. The first-order valence-electron chi connectivity index (χ1n) is 10.4. The molecular formula is C24H36O3S. The highest BCUT2D eigenvalue weighted by Crippen LogP contribution is 2.28. The van der Waals surface area contributed by atoms with Gasteiger partial charge in [-0.3, -0.25) is 0 Å². The standard InChI is InChI=1S/C24H36O3S/c1-4-5-6-7-8-9-10-17-27-22-16-18-28-23(22)15-14-20(2)12-11-13-21(3)19-24(25)26/h11-16,18-19,22-23H,4-10,17H2,1-3H3,(H,25,26)/b13-11+,15-14+,20-12+,21-19+. The van der Waals surface area contributed by atoms with Crippen molar-refractivity contribution in [2.45, 2.75) is 77.1 Å². The molecule has 1 rings (SSSR count). The number of allylic oxidation sites excluding steroid dienone is 6. The Morgan fingerprint density at radius 1 is 1.07 bits per heavy atom. The van der Waals surface area contributed by atoms with Gasteiger partial charge >= 0.3 is 5.97 Å². The summed E-state index contributed by atoms with van der Waals surface area (Å²) in [6.07, 6.45) is 22.6. The molecule has 0 aromatic rings. The molecule has 0 bridgehead atoms. The molecule has 156 valence electrons. The van der Waals surface area contributed by atoms with E-state index in [9.17, 15) is 4.79 Å². The van der Waals surface area contributed by atoms with Gasteiger partial charge in [-0.05, 0) is 37.3 Å². The van der Waals surface area contributed by atoms with Crippen molar-refractivity contribution in [2.75, 3.05) is 6.61 Å². The number of hydrogen-bond acceptors (Lipinski definition) is 3. The van der Waals surface area contributed by atoms with Gasteiger partial charge in [0.25, 0.3) is 0 Å². The third-order valence-corrected chi connectivity index (χ3v) is 5.56. The fourth-order valence-electron chi connectivity index (χ4n) is 2.88.